The van der Waals surface area contributed by atoms with Crippen LogP contribution in [-0.4, -0.2) is 0 Å². The molecule has 0 bridgehead atoms. The second-order valence-electron chi connectivity index (χ2n) is 3.30. The first-order valence-electron chi connectivity index (χ1n) is 4.71. The molecule has 0 aliphatic carbocycles. The van der Waals surface area contributed by atoms with Gasteiger partial charge in [-0.15, -0.1) is 0 Å². The van der Waals surface area contributed by atoms with Crippen LogP contribution >= 0.6 is 0 Å². The molecule has 0 spiro atoms. The highest BCUT2D eigenvalue weighted by atomic mass is 16.6. The van der Waals surface area contributed by atoms with Crippen LogP contribution in [0.3, 0.4) is 0 Å². The SMILES string of the molecule is CCCCCc1cccc2c1O2. The number of rotatable bonds is 4. The first-order chi connectivity index (χ1) is 5.92. The molecule has 2 rings (SSSR count). The van der Waals surface area contributed by atoms with Crippen molar-refractivity contribution in [2.75, 3.05) is 0 Å². The standard InChI is InChI=1S/C11H14O/c1-2-3-4-6-9-7-5-8-10-11(9)12-10/h5,7-8H,2-4,6H2,1H3. The molecule has 1 heteroatoms. The Labute approximate surface area is 73.4 Å². The fourth-order valence-corrected chi connectivity index (χ4v) is 1.51. The minimum Gasteiger partial charge on any atom is -0.449 e. The fraction of sp³-hybridized carbons (Fsp3) is 0.455. The number of unbranched alkanes of at least 4 members (excludes halogenated alkanes) is 2. The molecule has 12 heavy (non-hydrogen) atoms. The van der Waals surface area contributed by atoms with E-state index in [2.05, 4.69) is 19.1 Å². The molecule has 0 amide bonds. The number of benzene rings is 1. The van der Waals surface area contributed by atoms with Gasteiger partial charge in [-0.1, -0.05) is 31.9 Å². The summed E-state index contributed by atoms with van der Waals surface area (Å²) in [5.74, 6) is 2.23. The van der Waals surface area contributed by atoms with E-state index >= 15 is 0 Å². The lowest BCUT2D eigenvalue weighted by molar-refractivity contribution is 0.637. The summed E-state index contributed by atoms with van der Waals surface area (Å²) in [5.41, 5.74) is 1.39. The number of ether oxygens (including phenoxy) is 1. The number of para-hydroxylation sites is 1. The van der Waals surface area contributed by atoms with Gasteiger partial charge in [-0.2, -0.15) is 0 Å². The van der Waals surface area contributed by atoms with Crippen LogP contribution in [0.25, 0.3) is 0 Å². The molecule has 0 unspecified atom stereocenters. The van der Waals surface area contributed by atoms with Gasteiger partial charge in [0, 0.05) is 0 Å². The van der Waals surface area contributed by atoms with Gasteiger partial charge in [0.1, 0.15) is 0 Å². The lowest BCUT2D eigenvalue weighted by Gasteiger charge is -1.96. The molecule has 1 aromatic carbocycles. The second kappa shape index (κ2) is 3.18. The Morgan fingerprint density at radius 2 is 2.17 bits per heavy atom. The third-order valence-electron chi connectivity index (χ3n) is 2.28. The van der Waals surface area contributed by atoms with Crippen LogP contribution in [0, 0.1) is 0 Å². The zero-order valence-corrected chi connectivity index (χ0v) is 7.47. The van der Waals surface area contributed by atoms with E-state index in [0.29, 0.717) is 0 Å². The van der Waals surface area contributed by atoms with Gasteiger partial charge in [0.2, 0.25) is 0 Å². The van der Waals surface area contributed by atoms with Gasteiger partial charge in [0.15, 0.2) is 11.5 Å². The molecule has 64 valence electrons. The Hall–Kier alpha value is -0.980. The lowest BCUT2D eigenvalue weighted by atomic mass is 10.1. The van der Waals surface area contributed by atoms with Crippen molar-refractivity contribution in [2.45, 2.75) is 32.6 Å². The summed E-state index contributed by atoms with van der Waals surface area (Å²) in [6.45, 7) is 2.23. The monoisotopic (exact) mass is 162 g/mol. The van der Waals surface area contributed by atoms with Crippen molar-refractivity contribution >= 4 is 0 Å². The minimum atomic E-state index is 1.09. The minimum absolute atomic E-state index is 1.09. The third-order valence-corrected chi connectivity index (χ3v) is 2.28. The highest BCUT2D eigenvalue weighted by Gasteiger charge is 2.22. The van der Waals surface area contributed by atoms with Crippen LogP contribution in [0.4, 0.5) is 0 Å². The zero-order chi connectivity index (χ0) is 8.39. The molecule has 1 heterocycles. The van der Waals surface area contributed by atoms with Gasteiger partial charge in [-0.3, -0.25) is 0 Å². The van der Waals surface area contributed by atoms with E-state index in [1.807, 2.05) is 6.07 Å². The van der Waals surface area contributed by atoms with Gasteiger partial charge >= 0.3 is 0 Å². The summed E-state index contributed by atoms with van der Waals surface area (Å²) < 4.78 is 5.30. The van der Waals surface area contributed by atoms with Crippen LogP contribution < -0.4 is 4.74 Å². The number of fused-ring (bicyclic) bond motifs is 1. The molecule has 0 radical (unpaired) electrons. The highest BCUT2D eigenvalue weighted by molar-refractivity contribution is 5.59. The Kier molecular flexibility index (Phi) is 2.03. The van der Waals surface area contributed by atoms with E-state index in [0.717, 1.165) is 11.5 Å². The van der Waals surface area contributed by atoms with Gasteiger partial charge in [-0.05, 0) is 24.5 Å². The van der Waals surface area contributed by atoms with E-state index in [4.69, 9.17) is 4.74 Å². The molecule has 1 aromatic rings. The summed E-state index contributed by atoms with van der Waals surface area (Å²) in [6, 6.07) is 6.27. The maximum absolute atomic E-state index is 5.30. The van der Waals surface area contributed by atoms with Crippen molar-refractivity contribution in [1.29, 1.82) is 0 Å². The summed E-state index contributed by atoms with van der Waals surface area (Å²) >= 11 is 0. The Morgan fingerprint density at radius 3 is 3.00 bits per heavy atom. The van der Waals surface area contributed by atoms with Crippen LogP contribution in [-0.2, 0) is 6.42 Å². The smallest absolute Gasteiger partial charge is 0.173 e. The lowest BCUT2D eigenvalue weighted by Crippen LogP contribution is -1.81. The highest BCUT2D eigenvalue weighted by Crippen LogP contribution is 2.48. The van der Waals surface area contributed by atoms with Crippen molar-refractivity contribution in [2.24, 2.45) is 0 Å². The van der Waals surface area contributed by atoms with E-state index < -0.39 is 0 Å². The third kappa shape index (κ3) is 1.45. The van der Waals surface area contributed by atoms with Gasteiger partial charge in [0.25, 0.3) is 0 Å². The predicted octanol–water partition coefficient (Wildman–Crippen LogP) is 3.53. The Morgan fingerprint density at radius 1 is 1.25 bits per heavy atom. The molecule has 0 N–H and O–H groups in total. The summed E-state index contributed by atoms with van der Waals surface area (Å²) in [6.07, 6.45) is 5.08. The van der Waals surface area contributed by atoms with Gasteiger partial charge in [0.05, 0.1) is 0 Å². The molecule has 0 aromatic heterocycles. The van der Waals surface area contributed by atoms with Gasteiger partial charge in [-0.25, -0.2) is 0 Å². The zero-order valence-electron chi connectivity index (χ0n) is 7.47. The largest absolute Gasteiger partial charge is 0.449 e. The maximum Gasteiger partial charge on any atom is 0.173 e. The van der Waals surface area contributed by atoms with Crippen molar-refractivity contribution < 1.29 is 4.74 Å². The molecule has 0 saturated heterocycles. The van der Waals surface area contributed by atoms with Crippen molar-refractivity contribution in [3.8, 4) is 11.5 Å². The molecular weight excluding hydrogens is 148 g/mol. The predicted molar refractivity (Wildman–Crippen MR) is 49.7 cm³/mol. The van der Waals surface area contributed by atoms with Crippen LogP contribution in [0.5, 0.6) is 11.5 Å². The number of hydrogen-bond donors (Lipinski definition) is 0. The molecule has 1 nitrogen and oxygen atoms in total. The molecule has 0 fully saturated rings. The Balaban J connectivity index is 1.93. The molecule has 1 aliphatic rings. The van der Waals surface area contributed by atoms with E-state index in [1.54, 1.807) is 0 Å². The van der Waals surface area contributed by atoms with Crippen molar-refractivity contribution in [3.05, 3.63) is 23.8 Å². The van der Waals surface area contributed by atoms with Crippen molar-refractivity contribution in [1.82, 2.24) is 0 Å². The van der Waals surface area contributed by atoms with Crippen LogP contribution in [0.15, 0.2) is 18.2 Å². The molecule has 0 atom stereocenters. The van der Waals surface area contributed by atoms with Crippen LogP contribution in [0.1, 0.15) is 31.7 Å². The average Bonchev–Trinajstić information content (AvgIpc) is 2.84. The maximum atomic E-state index is 5.30. The Bertz CT molecular complexity index is 278. The molecule has 1 aliphatic heterocycles. The first-order valence-corrected chi connectivity index (χ1v) is 4.71. The van der Waals surface area contributed by atoms with E-state index in [-0.39, 0.29) is 0 Å². The van der Waals surface area contributed by atoms with E-state index in [9.17, 15) is 0 Å². The summed E-state index contributed by atoms with van der Waals surface area (Å²) in [7, 11) is 0. The quantitative estimate of drug-likeness (QED) is 0.495. The van der Waals surface area contributed by atoms with Crippen LogP contribution in [0.2, 0.25) is 0 Å². The normalized spacial score (nSPS) is 12.1. The van der Waals surface area contributed by atoms with Crippen molar-refractivity contribution in [3.63, 3.8) is 0 Å². The molecular formula is C11H14O. The first kappa shape index (κ1) is 7.66. The number of hydrogen-bond acceptors (Lipinski definition) is 1. The summed E-state index contributed by atoms with van der Waals surface area (Å²) in [4.78, 5) is 0. The second-order valence-corrected chi connectivity index (χ2v) is 3.30. The molecule has 0 saturated carbocycles. The topological polar surface area (TPSA) is 12.5 Å². The van der Waals surface area contributed by atoms with E-state index in [1.165, 1.54) is 31.2 Å². The summed E-state index contributed by atoms with van der Waals surface area (Å²) in [5, 5.41) is 0. The number of aryl methyl sites for hydroxylation is 1. The average molecular weight is 162 g/mol. The fourth-order valence-electron chi connectivity index (χ4n) is 1.51. The van der Waals surface area contributed by atoms with Gasteiger partial charge < -0.3 is 4.74 Å².